The lowest BCUT2D eigenvalue weighted by Crippen LogP contribution is -2.45. The van der Waals surface area contributed by atoms with Gasteiger partial charge < -0.3 is 21.1 Å². The lowest BCUT2D eigenvalue weighted by Gasteiger charge is -2.33. The van der Waals surface area contributed by atoms with Crippen LogP contribution in [0.5, 0.6) is 0 Å². The summed E-state index contributed by atoms with van der Waals surface area (Å²) in [6.07, 6.45) is 4.08. The van der Waals surface area contributed by atoms with Gasteiger partial charge in [0.05, 0.1) is 0 Å². The highest BCUT2D eigenvalue weighted by atomic mass is 16.4. The molecule has 1 aromatic rings. The van der Waals surface area contributed by atoms with Gasteiger partial charge in [-0.05, 0) is 44.7 Å². The first kappa shape index (κ1) is 17.7. The maximum absolute atomic E-state index is 11.3. The van der Waals surface area contributed by atoms with Crippen LogP contribution < -0.4 is 11.1 Å². The van der Waals surface area contributed by atoms with Crippen molar-refractivity contribution in [2.45, 2.75) is 45.7 Å². The van der Waals surface area contributed by atoms with E-state index >= 15 is 0 Å². The molecule has 0 aliphatic heterocycles. The molecule has 0 aliphatic rings. The molecule has 0 aliphatic carbocycles. The normalized spacial score (nSPS) is 11.0. The van der Waals surface area contributed by atoms with E-state index in [9.17, 15) is 9.90 Å². The Morgan fingerprint density at radius 3 is 2.59 bits per heavy atom. The average molecular weight is 307 g/mol. The van der Waals surface area contributed by atoms with E-state index in [1.807, 2.05) is 26.8 Å². The molecule has 1 aromatic heterocycles. The van der Waals surface area contributed by atoms with Gasteiger partial charge >= 0.3 is 6.09 Å². The van der Waals surface area contributed by atoms with Crippen LogP contribution in [0.3, 0.4) is 0 Å². The van der Waals surface area contributed by atoms with Crippen molar-refractivity contribution >= 4 is 12.1 Å². The van der Waals surface area contributed by atoms with Crippen molar-refractivity contribution in [3.8, 4) is 0 Å². The molecular weight excluding hydrogens is 282 g/mol. The molecular formula is C15H25N5O2. The first-order chi connectivity index (χ1) is 10.2. The molecule has 0 fully saturated rings. The summed E-state index contributed by atoms with van der Waals surface area (Å²) in [5.74, 6) is -0.0762. The molecule has 7 heteroatoms. The van der Waals surface area contributed by atoms with Crippen molar-refractivity contribution in [3.63, 3.8) is 0 Å². The van der Waals surface area contributed by atoms with Crippen molar-refractivity contribution in [1.82, 2.24) is 15.2 Å². The van der Waals surface area contributed by atoms with Crippen molar-refractivity contribution in [2.75, 3.05) is 6.54 Å². The van der Waals surface area contributed by atoms with Gasteiger partial charge in [-0.2, -0.15) is 0 Å². The van der Waals surface area contributed by atoms with Crippen molar-refractivity contribution in [1.29, 1.82) is 5.41 Å². The highest BCUT2D eigenvalue weighted by Crippen LogP contribution is 2.15. The average Bonchev–Trinajstić information content (AvgIpc) is 2.40. The number of hydrogen-bond acceptors (Lipinski definition) is 3. The molecule has 0 aromatic carbocycles. The third-order valence-corrected chi connectivity index (χ3v) is 3.22. The largest absolute Gasteiger partial charge is 0.465 e. The Kier molecular flexibility index (Phi) is 6.15. The second kappa shape index (κ2) is 7.63. The molecule has 1 heterocycles. The van der Waals surface area contributed by atoms with Crippen LogP contribution in [-0.4, -0.2) is 39.1 Å². The zero-order chi connectivity index (χ0) is 16.8. The summed E-state index contributed by atoms with van der Waals surface area (Å²) in [5, 5.41) is 19.1. The van der Waals surface area contributed by atoms with Crippen LogP contribution in [0.25, 0.3) is 0 Å². The Morgan fingerprint density at radius 1 is 1.41 bits per heavy atom. The number of nitrogens with two attached hydrogens (primary N) is 1. The van der Waals surface area contributed by atoms with Gasteiger partial charge in [0.1, 0.15) is 0 Å². The molecule has 0 unspecified atom stereocenters. The maximum Gasteiger partial charge on any atom is 0.407 e. The summed E-state index contributed by atoms with van der Waals surface area (Å²) in [6, 6.07) is 1.99. The van der Waals surface area contributed by atoms with Gasteiger partial charge in [-0.3, -0.25) is 10.4 Å². The number of nitrogens with one attached hydrogen (secondary N) is 2. The number of aryl methyl sites for hydroxylation is 1. The molecule has 122 valence electrons. The molecule has 0 atom stereocenters. The minimum Gasteiger partial charge on any atom is -0.465 e. The third kappa shape index (κ3) is 5.99. The molecule has 5 N–H and O–H groups in total. The van der Waals surface area contributed by atoms with Gasteiger partial charge in [-0.1, -0.05) is 6.07 Å². The summed E-state index contributed by atoms with van der Waals surface area (Å²) in [6.45, 7) is 6.60. The fraction of sp³-hybridized carbons (Fsp3) is 0.533. The Hall–Kier alpha value is -2.31. The predicted molar refractivity (Wildman–Crippen MR) is 85.8 cm³/mol. The molecule has 1 rings (SSSR count). The van der Waals surface area contributed by atoms with Gasteiger partial charge in [0.15, 0.2) is 5.96 Å². The maximum atomic E-state index is 11.3. The number of carboxylic acid groups (broad SMARTS) is 1. The SMILES string of the molecule is CC(C)(C)N(CCCc1cncc(CNC(=N)N)c1)C(=O)O. The Labute approximate surface area is 131 Å². The van der Waals surface area contributed by atoms with Gasteiger partial charge in [0.2, 0.25) is 0 Å². The molecule has 0 saturated heterocycles. The van der Waals surface area contributed by atoms with Gasteiger partial charge in [0.25, 0.3) is 0 Å². The van der Waals surface area contributed by atoms with Gasteiger partial charge in [-0.15, -0.1) is 0 Å². The monoisotopic (exact) mass is 307 g/mol. The van der Waals surface area contributed by atoms with Crippen LogP contribution in [0.15, 0.2) is 18.5 Å². The van der Waals surface area contributed by atoms with Crippen LogP contribution in [-0.2, 0) is 13.0 Å². The fourth-order valence-electron chi connectivity index (χ4n) is 2.13. The van der Waals surface area contributed by atoms with E-state index < -0.39 is 11.6 Å². The molecule has 1 amide bonds. The smallest absolute Gasteiger partial charge is 0.407 e. The number of aromatic nitrogens is 1. The third-order valence-electron chi connectivity index (χ3n) is 3.22. The summed E-state index contributed by atoms with van der Waals surface area (Å²) in [5.41, 5.74) is 6.83. The van der Waals surface area contributed by atoms with Crippen LogP contribution in [0.2, 0.25) is 0 Å². The molecule has 22 heavy (non-hydrogen) atoms. The van der Waals surface area contributed by atoms with E-state index in [1.54, 1.807) is 12.4 Å². The number of carbonyl (C=O) groups is 1. The number of rotatable bonds is 6. The minimum absolute atomic E-state index is 0.0762. The van der Waals surface area contributed by atoms with E-state index in [2.05, 4.69) is 10.3 Å². The summed E-state index contributed by atoms with van der Waals surface area (Å²) >= 11 is 0. The lowest BCUT2D eigenvalue weighted by molar-refractivity contribution is 0.0996. The highest BCUT2D eigenvalue weighted by Gasteiger charge is 2.25. The first-order valence-corrected chi connectivity index (χ1v) is 7.21. The van der Waals surface area contributed by atoms with Gasteiger partial charge in [0, 0.05) is 31.0 Å². The number of pyridine rings is 1. The predicted octanol–water partition coefficient (Wildman–Crippen LogP) is 1.78. The van der Waals surface area contributed by atoms with Crippen LogP contribution in [0.4, 0.5) is 4.79 Å². The van der Waals surface area contributed by atoms with Crippen molar-refractivity contribution < 1.29 is 9.90 Å². The number of hydrogen-bond donors (Lipinski definition) is 4. The Balaban J connectivity index is 2.55. The Morgan fingerprint density at radius 2 is 2.05 bits per heavy atom. The number of guanidine groups is 1. The summed E-state index contributed by atoms with van der Waals surface area (Å²) in [7, 11) is 0. The van der Waals surface area contributed by atoms with E-state index in [1.165, 1.54) is 4.90 Å². The van der Waals surface area contributed by atoms with E-state index in [0.717, 1.165) is 24.0 Å². The highest BCUT2D eigenvalue weighted by molar-refractivity contribution is 5.74. The molecule has 7 nitrogen and oxygen atoms in total. The Bertz CT molecular complexity index is 525. The minimum atomic E-state index is -0.898. The standard InChI is InChI=1S/C15H25N5O2/c1-15(2,3)20(14(21)22)6-4-5-11-7-12(9-18-8-11)10-19-13(16)17/h7-9H,4-6,10H2,1-3H3,(H,21,22)(H4,16,17,19). The number of amides is 1. The fourth-order valence-corrected chi connectivity index (χ4v) is 2.13. The van der Waals surface area contributed by atoms with E-state index in [4.69, 9.17) is 11.1 Å². The molecule has 0 spiro atoms. The zero-order valence-corrected chi connectivity index (χ0v) is 13.4. The van der Waals surface area contributed by atoms with Crippen molar-refractivity contribution in [3.05, 3.63) is 29.6 Å². The number of nitrogens with zero attached hydrogens (tertiary/aromatic N) is 2. The second-order valence-electron chi connectivity index (χ2n) is 6.18. The van der Waals surface area contributed by atoms with E-state index in [0.29, 0.717) is 13.1 Å². The van der Waals surface area contributed by atoms with E-state index in [-0.39, 0.29) is 5.96 Å². The summed E-state index contributed by atoms with van der Waals surface area (Å²) < 4.78 is 0. The zero-order valence-electron chi connectivity index (χ0n) is 13.4. The van der Waals surface area contributed by atoms with Crippen LogP contribution in [0, 0.1) is 5.41 Å². The molecule has 0 bridgehead atoms. The molecule has 0 saturated carbocycles. The first-order valence-electron chi connectivity index (χ1n) is 7.21. The lowest BCUT2D eigenvalue weighted by atomic mass is 10.0. The van der Waals surface area contributed by atoms with Crippen molar-refractivity contribution in [2.24, 2.45) is 5.73 Å². The molecule has 0 radical (unpaired) electrons. The van der Waals surface area contributed by atoms with Crippen LogP contribution >= 0.6 is 0 Å². The topological polar surface area (TPSA) is 115 Å². The summed E-state index contributed by atoms with van der Waals surface area (Å²) in [4.78, 5) is 16.9. The van der Waals surface area contributed by atoms with Gasteiger partial charge in [-0.25, -0.2) is 4.79 Å². The quantitative estimate of drug-likeness (QED) is 0.472. The second-order valence-corrected chi connectivity index (χ2v) is 6.18. The van der Waals surface area contributed by atoms with Crippen LogP contribution in [0.1, 0.15) is 38.3 Å².